The van der Waals surface area contributed by atoms with E-state index in [4.69, 9.17) is 0 Å². The van der Waals surface area contributed by atoms with Crippen LogP contribution in [0.5, 0.6) is 0 Å². The summed E-state index contributed by atoms with van der Waals surface area (Å²) >= 11 is 0. The highest BCUT2D eigenvalue weighted by atomic mass is 16.2. The molecule has 1 saturated carbocycles. The maximum absolute atomic E-state index is 12.4. The third-order valence-corrected chi connectivity index (χ3v) is 4.54. The van der Waals surface area contributed by atoms with Crippen molar-refractivity contribution in [3.8, 4) is 6.07 Å². The molecule has 1 amide bonds. The smallest absolute Gasteiger partial charge is 0.242 e. The summed E-state index contributed by atoms with van der Waals surface area (Å²) < 4.78 is 0. The van der Waals surface area contributed by atoms with E-state index in [9.17, 15) is 10.1 Å². The van der Waals surface area contributed by atoms with Crippen molar-refractivity contribution in [3.63, 3.8) is 0 Å². The average molecular weight is 251 g/mol. The van der Waals surface area contributed by atoms with Gasteiger partial charge in [-0.25, -0.2) is 0 Å². The molecule has 1 unspecified atom stereocenters. The van der Waals surface area contributed by atoms with Gasteiger partial charge in [0.05, 0.1) is 6.07 Å². The van der Waals surface area contributed by atoms with Crippen LogP contribution in [0.25, 0.3) is 0 Å². The van der Waals surface area contributed by atoms with Crippen LogP contribution in [-0.2, 0) is 4.79 Å². The second-order valence-corrected chi connectivity index (χ2v) is 5.93. The first-order valence-electron chi connectivity index (χ1n) is 6.65. The van der Waals surface area contributed by atoms with Crippen LogP contribution >= 0.6 is 0 Å². The van der Waals surface area contributed by atoms with E-state index in [1.165, 1.54) is 6.42 Å². The van der Waals surface area contributed by atoms with Crippen LogP contribution in [0.4, 0.5) is 0 Å². The normalized spacial score (nSPS) is 20.7. The first kappa shape index (κ1) is 15.0. The first-order chi connectivity index (χ1) is 8.31. The number of likely N-dealkylation sites (N-methyl/N-ethyl adjacent to an activating group) is 2. The van der Waals surface area contributed by atoms with Gasteiger partial charge in [-0.1, -0.05) is 6.92 Å². The summed E-state index contributed by atoms with van der Waals surface area (Å²) in [6, 6.07) is 2.16. The van der Waals surface area contributed by atoms with Gasteiger partial charge in [-0.15, -0.1) is 0 Å². The molecular formula is C14H25N3O. The lowest BCUT2D eigenvalue weighted by Crippen LogP contribution is -2.58. The van der Waals surface area contributed by atoms with Gasteiger partial charge < -0.3 is 9.80 Å². The van der Waals surface area contributed by atoms with Crippen LogP contribution in [0, 0.1) is 16.7 Å². The maximum atomic E-state index is 12.4. The Kier molecular flexibility index (Phi) is 4.39. The summed E-state index contributed by atoms with van der Waals surface area (Å²) in [4.78, 5) is 16.3. The second-order valence-electron chi connectivity index (χ2n) is 5.93. The van der Waals surface area contributed by atoms with Crippen LogP contribution in [0.1, 0.15) is 39.5 Å². The summed E-state index contributed by atoms with van der Waals surface area (Å²) in [7, 11) is 5.96. The SMILES string of the molecule is CCC(C)(C#N)C(=O)N(C)CC1(N(C)C)CCC1. The minimum atomic E-state index is -0.883. The molecule has 0 saturated heterocycles. The van der Waals surface area contributed by atoms with Gasteiger partial charge in [-0.05, 0) is 46.7 Å². The molecule has 0 aromatic rings. The van der Waals surface area contributed by atoms with Gasteiger partial charge in [0.2, 0.25) is 5.91 Å². The highest BCUT2D eigenvalue weighted by Gasteiger charge is 2.43. The molecule has 1 atom stereocenters. The van der Waals surface area contributed by atoms with E-state index in [-0.39, 0.29) is 11.4 Å². The number of carbonyl (C=O) groups excluding carboxylic acids is 1. The van der Waals surface area contributed by atoms with Crippen molar-refractivity contribution in [3.05, 3.63) is 0 Å². The Bertz CT molecular complexity index is 355. The van der Waals surface area contributed by atoms with E-state index in [0.29, 0.717) is 6.42 Å². The molecule has 4 nitrogen and oxygen atoms in total. The molecular weight excluding hydrogens is 226 g/mol. The van der Waals surface area contributed by atoms with Crippen LogP contribution in [0.15, 0.2) is 0 Å². The molecule has 0 bridgehead atoms. The maximum Gasteiger partial charge on any atom is 0.242 e. The Morgan fingerprint density at radius 1 is 1.39 bits per heavy atom. The topological polar surface area (TPSA) is 47.3 Å². The Morgan fingerprint density at radius 3 is 2.22 bits per heavy atom. The molecule has 4 heteroatoms. The fourth-order valence-corrected chi connectivity index (χ4v) is 2.54. The molecule has 0 heterocycles. The lowest BCUT2D eigenvalue weighted by Gasteiger charge is -2.49. The van der Waals surface area contributed by atoms with Crippen LogP contribution in [0.3, 0.4) is 0 Å². The van der Waals surface area contributed by atoms with Crippen molar-refractivity contribution in [2.24, 2.45) is 5.41 Å². The highest BCUT2D eigenvalue weighted by Crippen LogP contribution is 2.37. The third-order valence-electron chi connectivity index (χ3n) is 4.54. The fraction of sp³-hybridized carbons (Fsp3) is 0.857. The van der Waals surface area contributed by atoms with Gasteiger partial charge in [-0.3, -0.25) is 4.79 Å². The van der Waals surface area contributed by atoms with Gasteiger partial charge in [0.25, 0.3) is 0 Å². The number of carbonyl (C=O) groups is 1. The molecule has 0 aromatic carbocycles. The fourth-order valence-electron chi connectivity index (χ4n) is 2.54. The predicted octanol–water partition coefficient (Wildman–Crippen LogP) is 1.87. The van der Waals surface area contributed by atoms with E-state index in [1.807, 2.05) is 14.0 Å². The van der Waals surface area contributed by atoms with Crippen molar-refractivity contribution in [1.82, 2.24) is 9.80 Å². The molecule has 1 fully saturated rings. The minimum absolute atomic E-state index is 0.0550. The molecule has 0 spiro atoms. The zero-order chi connectivity index (χ0) is 14.0. The van der Waals surface area contributed by atoms with Crippen LogP contribution < -0.4 is 0 Å². The Labute approximate surface area is 111 Å². The molecule has 1 rings (SSSR count). The Balaban J connectivity index is 2.74. The van der Waals surface area contributed by atoms with Crippen molar-refractivity contribution >= 4 is 5.91 Å². The number of hydrogen-bond donors (Lipinski definition) is 0. The zero-order valence-electron chi connectivity index (χ0n) is 12.3. The van der Waals surface area contributed by atoms with Crippen molar-refractivity contribution in [2.45, 2.75) is 45.1 Å². The quantitative estimate of drug-likeness (QED) is 0.749. The summed E-state index contributed by atoms with van der Waals surface area (Å²) in [6.07, 6.45) is 4.05. The van der Waals surface area contributed by atoms with E-state index >= 15 is 0 Å². The lowest BCUT2D eigenvalue weighted by molar-refractivity contribution is -0.139. The molecule has 1 aliphatic carbocycles. The standard InChI is InChI=1S/C14H25N3O/c1-6-13(2,10-15)12(18)17(5)11-14(16(3)4)8-7-9-14/h6-9,11H2,1-5H3. The molecule has 102 valence electrons. The third kappa shape index (κ3) is 2.51. The minimum Gasteiger partial charge on any atom is -0.343 e. The van der Waals surface area contributed by atoms with E-state index in [2.05, 4.69) is 25.1 Å². The largest absolute Gasteiger partial charge is 0.343 e. The number of rotatable bonds is 5. The van der Waals surface area contributed by atoms with Gasteiger partial charge in [0, 0.05) is 19.1 Å². The number of hydrogen-bond acceptors (Lipinski definition) is 3. The van der Waals surface area contributed by atoms with Crippen molar-refractivity contribution in [2.75, 3.05) is 27.7 Å². The monoisotopic (exact) mass is 251 g/mol. The summed E-state index contributed by atoms with van der Waals surface area (Å²) in [5, 5.41) is 9.18. The van der Waals surface area contributed by atoms with Gasteiger partial charge in [-0.2, -0.15) is 5.26 Å². The Morgan fingerprint density at radius 2 is 1.94 bits per heavy atom. The number of amides is 1. The number of nitriles is 1. The average Bonchev–Trinajstić information content (AvgIpc) is 2.30. The van der Waals surface area contributed by atoms with Crippen LogP contribution in [-0.4, -0.2) is 48.9 Å². The molecule has 0 aliphatic heterocycles. The molecule has 0 N–H and O–H groups in total. The Hall–Kier alpha value is -1.08. The summed E-state index contributed by atoms with van der Waals surface area (Å²) in [5.74, 6) is -0.0550. The van der Waals surface area contributed by atoms with Gasteiger partial charge in [0.1, 0.15) is 5.41 Å². The molecule has 18 heavy (non-hydrogen) atoms. The number of nitrogens with zero attached hydrogens (tertiary/aromatic N) is 3. The van der Waals surface area contributed by atoms with Crippen LogP contribution in [0.2, 0.25) is 0 Å². The lowest BCUT2D eigenvalue weighted by atomic mass is 9.75. The highest BCUT2D eigenvalue weighted by molar-refractivity contribution is 5.84. The second kappa shape index (κ2) is 5.27. The predicted molar refractivity (Wildman–Crippen MR) is 71.9 cm³/mol. The zero-order valence-corrected chi connectivity index (χ0v) is 12.3. The molecule has 0 aromatic heterocycles. The van der Waals surface area contributed by atoms with E-state index < -0.39 is 5.41 Å². The van der Waals surface area contributed by atoms with Crippen molar-refractivity contribution in [1.29, 1.82) is 5.26 Å². The van der Waals surface area contributed by atoms with Gasteiger partial charge in [0.15, 0.2) is 0 Å². The van der Waals surface area contributed by atoms with E-state index in [1.54, 1.807) is 11.8 Å². The first-order valence-corrected chi connectivity index (χ1v) is 6.65. The molecule has 1 aliphatic rings. The summed E-state index contributed by atoms with van der Waals surface area (Å²) in [6.45, 7) is 4.34. The molecule has 0 radical (unpaired) electrons. The van der Waals surface area contributed by atoms with Crippen molar-refractivity contribution < 1.29 is 4.79 Å². The van der Waals surface area contributed by atoms with Gasteiger partial charge >= 0.3 is 0 Å². The van der Waals surface area contributed by atoms with E-state index in [0.717, 1.165) is 19.4 Å². The summed E-state index contributed by atoms with van der Waals surface area (Å²) in [5.41, 5.74) is -0.763.